The summed E-state index contributed by atoms with van der Waals surface area (Å²) in [6.45, 7) is 6.59. The van der Waals surface area contributed by atoms with Crippen molar-refractivity contribution in [3.8, 4) is 0 Å². The van der Waals surface area contributed by atoms with Crippen LogP contribution in [0.3, 0.4) is 0 Å². The van der Waals surface area contributed by atoms with E-state index in [0.29, 0.717) is 6.61 Å². The van der Waals surface area contributed by atoms with Crippen LogP contribution in [-0.4, -0.2) is 49.0 Å². The minimum Gasteiger partial charge on any atom is -0.389 e. The van der Waals surface area contributed by atoms with Gasteiger partial charge in [-0.05, 0) is 34.4 Å². The maximum absolute atomic E-state index is 9.91. The fourth-order valence-corrected chi connectivity index (χ4v) is 1.59. The number of likely N-dealkylation sites (N-methyl/N-ethyl adjacent to an activating group) is 1. The summed E-state index contributed by atoms with van der Waals surface area (Å²) < 4.78 is 5.36. The summed E-state index contributed by atoms with van der Waals surface area (Å²) in [4.78, 5) is 2.04. The first-order chi connectivity index (χ1) is 6.04. The average molecular weight is 189 g/mol. The standard InChI is InChI=1S/C10H23NO2/c1-6-9(11(4)5)10(12)8(3)13-7-2/h8-10,12H,6-7H2,1-5H3/t8-,9?,10?/m0/s1. The Morgan fingerprint density at radius 2 is 1.85 bits per heavy atom. The van der Waals surface area contributed by atoms with Crippen molar-refractivity contribution in [2.24, 2.45) is 0 Å². The Balaban J connectivity index is 4.10. The van der Waals surface area contributed by atoms with Crippen LogP contribution in [0.15, 0.2) is 0 Å². The fourth-order valence-electron chi connectivity index (χ4n) is 1.59. The molecule has 3 nitrogen and oxygen atoms in total. The van der Waals surface area contributed by atoms with Crippen molar-refractivity contribution in [3.05, 3.63) is 0 Å². The molecule has 80 valence electrons. The highest BCUT2D eigenvalue weighted by molar-refractivity contribution is 4.78. The van der Waals surface area contributed by atoms with Gasteiger partial charge in [-0.15, -0.1) is 0 Å². The molecule has 0 aliphatic heterocycles. The van der Waals surface area contributed by atoms with E-state index in [1.54, 1.807) is 0 Å². The zero-order chi connectivity index (χ0) is 10.4. The molecule has 0 saturated carbocycles. The summed E-state index contributed by atoms with van der Waals surface area (Å²) in [5.41, 5.74) is 0. The van der Waals surface area contributed by atoms with Gasteiger partial charge < -0.3 is 14.7 Å². The number of aliphatic hydroxyl groups is 1. The fraction of sp³-hybridized carbons (Fsp3) is 1.00. The van der Waals surface area contributed by atoms with Crippen molar-refractivity contribution < 1.29 is 9.84 Å². The van der Waals surface area contributed by atoms with E-state index in [1.807, 2.05) is 32.8 Å². The molecule has 0 aliphatic carbocycles. The summed E-state index contributed by atoms with van der Waals surface area (Å²) in [5.74, 6) is 0. The lowest BCUT2D eigenvalue weighted by molar-refractivity contribution is -0.0557. The van der Waals surface area contributed by atoms with Crippen LogP contribution in [0.25, 0.3) is 0 Å². The molecule has 3 atom stereocenters. The van der Waals surface area contributed by atoms with Gasteiger partial charge in [0.15, 0.2) is 0 Å². The van der Waals surface area contributed by atoms with Gasteiger partial charge in [-0.2, -0.15) is 0 Å². The molecule has 0 amide bonds. The van der Waals surface area contributed by atoms with E-state index in [1.165, 1.54) is 0 Å². The lowest BCUT2D eigenvalue weighted by Crippen LogP contribution is -2.45. The van der Waals surface area contributed by atoms with E-state index in [4.69, 9.17) is 4.74 Å². The van der Waals surface area contributed by atoms with Crippen molar-refractivity contribution in [1.29, 1.82) is 0 Å². The summed E-state index contributed by atoms with van der Waals surface area (Å²) in [5, 5.41) is 9.91. The summed E-state index contributed by atoms with van der Waals surface area (Å²) >= 11 is 0. The SMILES string of the molecule is CCO[C@@H](C)C(O)C(CC)N(C)C. The normalized spacial score (nSPS) is 18.7. The molecule has 3 heteroatoms. The molecule has 0 bridgehead atoms. The zero-order valence-corrected chi connectivity index (χ0v) is 9.45. The van der Waals surface area contributed by atoms with Crippen LogP contribution in [-0.2, 0) is 4.74 Å². The van der Waals surface area contributed by atoms with Gasteiger partial charge in [0.25, 0.3) is 0 Å². The first-order valence-corrected chi connectivity index (χ1v) is 5.00. The summed E-state index contributed by atoms with van der Waals surface area (Å²) in [7, 11) is 3.96. The smallest absolute Gasteiger partial charge is 0.0953 e. The van der Waals surface area contributed by atoms with E-state index in [0.717, 1.165) is 6.42 Å². The number of ether oxygens (including phenoxy) is 1. The number of rotatable bonds is 6. The third-order valence-electron chi connectivity index (χ3n) is 2.39. The molecule has 0 spiro atoms. The third kappa shape index (κ3) is 4.07. The maximum Gasteiger partial charge on any atom is 0.0953 e. The molecular formula is C10H23NO2. The van der Waals surface area contributed by atoms with Gasteiger partial charge >= 0.3 is 0 Å². The first-order valence-electron chi connectivity index (χ1n) is 5.00. The molecule has 0 saturated heterocycles. The first kappa shape index (κ1) is 12.9. The van der Waals surface area contributed by atoms with Gasteiger partial charge in [0.2, 0.25) is 0 Å². The molecule has 0 aromatic heterocycles. The van der Waals surface area contributed by atoms with Crippen LogP contribution in [0.1, 0.15) is 27.2 Å². The van der Waals surface area contributed by atoms with Crippen LogP contribution in [0.4, 0.5) is 0 Å². The van der Waals surface area contributed by atoms with E-state index < -0.39 is 6.10 Å². The number of hydrogen-bond acceptors (Lipinski definition) is 3. The van der Waals surface area contributed by atoms with Crippen molar-refractivity contribution >= 4 is 0 Å². The van der Waals surface area contributed by atoms with E-state index in [-0.39, 0.29) is 12.1 Å². The van der Waals surface area contributed by atoms with Gasteiger partial charge in [0, 0.05) is 12.6 Å². The van der Waals surface area contributed by atoms with Crippen LogP contribution in [0.5, 0.6) is 0 Å². The summed E-state index contributed by atoms with van der Waals surface area (Å²) in [6, 6.07) is 0.182. The highest BCUT2D eigenvalue weighted by Gasteiger charge is 2.25. The predicted octanol–water partition coefficient (Wildman–Crippen LogP) is 1.11. The molecule has 0 aliphatic rings. The number of aliphatic hydroxyl groups excluding tert-OH is 1. The van der Waals surface area contributed by atoms with Crippen LogP contribution < -0.4 is 0 Å². The second kappa shape index (κ2) is 6.35. The van der Waals surface area contributed by atoms with Crippen molar-refractivity contribution in [2.75, 3.05) is 20.7 Å². The maximum atomic E-state index is 9.91. The Morgan fingerprint density at radius 1 is 1.31 bits per heavy atom. The second-order valence-corrected chi connectivity index (χ2v) is 3.59. The molecule has 0 heterocycles. The second-order valence-electron chi connectivity index (χ2n) is 3.59. The van der Waals surface area contributed by atoms with Crippen LogP contribution >= 0.6 is 0 Å². The Bertz CT molecular complexity index is 128. The Labute approximate surface area is 81.7 Å². The van der Waals surface area contributed by atoms with Gasteiger partial charge in [0.05, 0.1) is 12.2 Å². The van der Waals surface area contributed by atoms with Crippen molar-refractivity contribution in [2.45, 2.75) is 45.4 Å². The van der Waals surface area contributed by atoms with Crippen LogP contribution in [0.2, 0.25) is 0 Å². The van der Waals surface area contributed by atoms with Gasteiger partial charge in [0.1, 0.15) is 0 Å². The molecule has 1 N–H and O–H groups in total. The number of hydrogen-bond donors (Lipinski definition) is 1. The minimum absolute atomic E-state index is 0.0858. The average Bonchev–Trinajstić information content (AvgIpc) is 2.05. The van der Waals surface area contributed by atoms with Gasteiger partial charge in [-0.3, -0.25) is 0 Å². The third-order valence-corrected chi connectivity index (χ3v) is 2.39. The molecule has 0 aromatic carbocycles. The largest absolute Gasteiger partial charge is 0.389 e. The molecule has 2 unspecified atom stereocenters. The van der Waals surface area contributed by atoms with Gasteiger partial charge in [-0.1, -0.05) is 6.92 Å². The lowest BCUT2D eigenvalue weighted by Gasteiger charge is -2.31. The molecule has 13 heavy (non-hydrogen) atoms. The molecule has 0 aromatic rings. The predicted molar refractivity (Wildman–Crippen MR) is 54.9 cm³/mol. The van der Waals surface area contributed by atoms with E-state index >= 15 is 0 Å². The highest BCUT2D eigenvalue weighted by Crippen LogP contribution is 2.11. The highest BCUT2D eigenvalue weighted by atomic mass is 16.5. The monoisotopic (exact) mass is 189 g/mol. The van der Waals surface area contributed by atoms with E-state index in [9.17, 15) is 5.11 Å². The van der Waals surface area contributed by atoms with Crippen molar-refractivity contribution in [3.63, 3.8) is 0 Å². The molecule has 0 rings (SSSR count). The topological polar surface area (TPSA) is 32.7 Å². The Morgan fingerprint density at radius 3 is 2.15 bits per heavy atom. The Hall–Kier alpha value is -0.120. The Kier molecular flexibility index (Phi) is 6.29. The molecule has 0 fully saturated rings. The zero-order valence-electron chi connectivity index (χ0n) is 9.45. The minimum atomic E-state index is -0.403. The quantitative estimate of drug-likeness (QED) is 0.679. The van der Waals surface area contributed by atoms with Crippen LogP contribution in [0, 0.1) is 0 Å². The van der Waals surface area contributed by atoms with E-state index in [2.05, 4.69) is 6.92 Å². The molecular weight excluding hydrogens is 166 g/mol. The van der Waals surface area contributed by atoms with Crippen molar-refractivity contribution in [1.82, 2.24) is 4.90 Å². The molecule has 0 radical (unpaired) electrons. The summed E-state index contributed by atoms with van der Waals surface area (Å²) in [6.07, 6.45) is 0.447. The number of nitrogens with zero attached hydrogens (tertiary/aromatic N) is 1. The van der Waals surface area contributed by atoms with Gasteiger partial charge in [-0.25, -0.2) is 0 Å². The lowest BCUT2D eigenvalue weighted by atomic mass is 10.0.